The van der Waals surface area contributed by atoms with Crippen LogP contribution in [0, 0.1) is 6.92 Å². The topological polar surface area (TPSA) is 107 Å². The lowest BCUT2D eigenvalue weighted by atomic mass is 9.96. The molecule has 1 aromatic heterocycles. The molecule has 1 aromatic rings. The predicted octanol–water partition coefficient (Wildman–Crippen LogP) is 1.87. The third kappa shape index (κ3) is 3.24. The van der Waals surface area contributed by atoms with E-state index in [9.17, 15) is 9.59 Å². The molecule has 1 saturated carbocycles. The van der Waals surface area contributed by atoms with E-state index in [2.05, 4.69) is 20.8 Å². The molecule has 4 N–H and O–H groups in total. The summed E-state index contributed by atoms with van der Waals surface area (Å²) in [7, 11) is 0. The van der Waals surface area contributed by atoms with Gasteiger partial charge in [0.1, 0.15) is 5.56 Å². The molecule has 104 valence electrons. The number of carbonyl (C=O) groups is 2. The Morgan fingerprint density at radius 1 is 1.32 bits per heavy atom. The molecule has 7 nitrogen and oxygen atoms in total. The molecule has 0 unspecified atom stereocenters. The number of aromatic nitrogens is 2. The molecule has 0 aliphatic heterocycles. The Morgan fingerprint density at radius 2 is 2.00 bits per heavy atom. The fraction of sp³-hybridized carbons (Fsp3) is 0.583. The van der Waals surface area contributed by atoms with Crippen LogP contribution in [0.5, 0.6) is 0 Å². The first-order valence-corrected chi connectivity index (χ1v) is 6.43. The number of urea groups is 1. The molecule has 0 aromatic carbocycles. The van der Waals surface area contributed by atoms with E-state index in [4.69, 9.17) is 5.11 Å². The number of anilines is 1. The number of hydrogen-bond donors (Lipinski definition) is 4. The minimum atomic E-state index is -1.11. The molecule has 1 heterocycles. The molecule has 1 aliphatic carbocycles. The van der Waals surface area contributed by atoms with Gasteiger partial charge in [0.2, 0.25) is 0 Å². The van der Waals surface area contributed by atoms with E-state index in [-0.39, 0.29) is 17.4 Å². The highest BCUT2D eigenvalue weighted by atomic mass is 16.4. The first-order chi connectivity index (χ1) is 9.08. The van der Waals surface area contributed by atoms with Crippen molar-refractivity contribution < 1.29 is 14.7 Å². The summed E-state index contributed by atoms with van der Waals surface area (Å²) >= 11 is 0. The van der Waals surface area contributed by atoms with Gasteiger partial charge in [0.05, 0.1) is 0 Å². The van der Waals surface area contributed by atoms with Crippen molar-refractivity contribution in [1.29, 1.82) is 0 Å². The van der Waals surface area contributed by atoms with Crippen molar-refractivity contribution in [3.05, 3.63) is 11.3 Å². The smallest absolute Gasteiger partial charge is 0.341 e. The van der Waals surface area contributed by atoms with Crippen LogP contribution in [0.4, 0.5) is 10.6 Å². The van der Waals surface area contributed by atoms with Gasteiger partial charge >= 0.3 is 12.0 Å². The summed E-state index contributed by atoms with van der Waals surface area (Å²) in [6, 6.07) is -0.233. The highest BCUT2D eigenvalue weighted by Gasteiger charge is 2.21. The third-order valence-electron chi connectivity index (χ3n) is 3.33. The number of carbonyl (C=O) groups excluding carboxylic acids is 1. The molecule has 0 saturated heterocycles. The third-order valence-corrected chi connectivity index (χ3v) is 3.33. The van der Waals surface area contributed by atoms with E-state index >= 15 is 0 Å². The van der Waals surface area contributed by atoms with Crippen molar-refractivity contribution in [2.75, 3.05) is 5.32 Å². The predicted molar refractivity (Wildman–Crippen MR) is 69.3 cm³/mol. The fourth-order valence-corrected chi connectivity index (χ4v) is 2.36. The highest BCUT2D eigenvalue weighted by Crippen LogP contribution is 2.18. The number of nitrogens with zero attached hydrogens (tertiary/aromatic N) is 1. The maximum atomic E-state index is 11.8. The van der Waals surface area contributed by atoms with E-state index in [1.54, 1.807) is 6.92 Å². The molecule has 7 heteroatoms. The van der Waals surface area contributed by atoms with Gasteiger partial charge in [-0.1, -0.05) is 19.3 Å². The van der Waals surface area contributed by atoms with E-state index in [0.29, 0.717) is 5.69 Å². The number of amides is 2. The van der Waals surface area contributed by atoms with Crippen LogP contribution < -0.4 is 10.6 Å². The summed E-state index contributed by atoms with van der Waals surface area (Å²) in [4.78, 5) is 22.8. The molecular weight excluding hydrogens is 248 g/mol. The van der Waals surface area contributed by atoms with Gasteiger partial charge in [-0.15, -0.1) is 0 Å². The van der Waals surface area contributed by atoms with Gasteiger partial charge < -0.3 is 10.4 Å². The van der Waals surface area contributed by atoms with Crippen molar-refractivity contribution in [1.82, 2.24) is 15.5 Å². The first-order valence-electron chi connectivity index (χ1n) is 6.43. The zero-order valence-corrected chi connectivity index (χ0v) is 10.8. The van der Waals surface area contributed by atoms with Crippen LogP contribution in [0.3, 0.4) is 0 Å². The van der Waals surface area contributed by atoms with Crippen LogP contribution in [0.1, 0.15) is 48.2 Å². The molecule has 1 fully saturated rings. The second kappa shape index (κ2) is 5.73. The van der Waals surface area contributed by atoms with Gasteiger partial charge in [0.25, 0.3) is 0 Å². The maximum absolute atomic E-state index is 11.8. The van der Waals surface area contributed by atoms with E-state index in [1.807, 2.05) is 0 Å². The van der Waals surface area contributed by atoms with E-state index in [0.717, 1.165) is 25.7 Å². The summed E-state index contributed by atoms with van der Waals surface area (Å²) in [6.45, 7) is 1.60. The van der Waals surface area contributed by atoms with Crippen LogP contribution in [-0.4, -0.2) is 33.3 Å². The molecule has 2 rings (SSSR count). The Morgan fingerprint density at radius 3 is 2.63 bits per heavy atom. The second-order valence-electron chi connectivity index (χ2n) is 4.81. The fourth-order valence-electron chi connectivity index (χ4n) is 2.36. The van der Waals surface area contributed by atoms with Gasteiger partial charge in [-0.3, -0.25) is 10.4 Å². The van der Waals surface area contributed by atoms with Crippen molar-refractivity contribution in [3.63, 3.8) is 0 Å². The number of aromatic amines is 1. The molecular formula is C12H18N4O3. The number of nitrogens with one attached hydrogen (secondary N) is 3. The first kappa shape index (κ1) is 13.4. The normalized spacial score (nSPS) is 16.1. The van der Waals surface area contributed by atoms with Gasteiger partial charge in [-0.25, -0.2) is 9.59 Å². The van der Waals surface area contributed by atoms with Crippen LogP contribution in [-0.2, 0) is 0 Å². The van der Waals surface area contributed by atoms with Crippen LogP contribution in [0.25, 0.3) is 0 Å². The monoisotopic (exact) mass is 266 g/mol. The highest BCUT2D eigenvalue weighted by molar-refractivity contribution is 5.99. The van der Waals surface area contributed by atoms with Crippen molar-refractivity contribution in [2.45, 2.75) is 45.1 Å². The molecule has 0 atom stereocenters. The number of carboxylic acid groups (broad SMARTS) is 1. The average Bonchev–Trinajstić information content (AvgIpc) is 2.71. The minimum Gasteiger partial charge on any atom is -0.477 e. The molecule has 0 bridgehead atoms. The van der Waals surface area contributed by atoms with E-state index in [1.165, 1.54) is 6.42 Å². The number of carboxylic acids is 1. The maximum Gasteiger partial charge on any atom is 0.341 e. The Balaban J connectivity index is 1.96. The summed E-state index contributed by atoms with van der Waals surface area (Å²) < 4.78 is 0. The molecule has 0 radical (unpaired) electrons. The van der Waals surface area contributed by atoms with Crippen LogP contribution >= 0.6 is 0 Å². The van der Waals surface area contributed by atoms with Gasteiger partial charge in [0.15, 0.2) is 5.82 Å². The average molecular weight is 266 g/mol. The number of aryl methyl sites for hydroxylation is 1. The largest absolute Gasteiger partial charge is 0.477 e. The summed E-state index contributed by atoms with van der Waals surface area (Å²) in [5.41, 5.74) is 0.416. The lowest BCUT2D eigenvalue weighted by Gasteiger charge is -2.22. The summed E-state index contributed by atoms with van der Waals surface area (Å²) in [5, 5.41) is 20.7. The Labute approximate surface area is 110 Å². The van der Waals surface area contributed by atoms with Gasteiger partial charge in [-0.2, -0.15) is 5.10 Å². The Bertz CT molecular complexity index is 477. The van der Waals surface area contributed by atoms with Crippen LogP contribution in [0.15, 0.2) is 0 Å². The summed E-state index contributed by atoms with van der Waals surface area (Å²) in [6.07, 6.45) is 5.39. The Kier molecular flexibility index (Phi) is 4.03. The zero-order chi connectivity index (χ0) is 13.8. The minimum absolute atomic E-state index is 0.00112. The molecule has 0 spiro atoms. The number of H-pyrrole nitrogens is 1. The number of aromatic carboxylic acids is 1. The number of hydrogen-bond acceptors (Lipinski definition) is 3. The molecule has 1 aliphatic rings. The van der Waals surface area contributed by atoms with E-state index < -0.39 is 12.0 Å². The summed E-state index contributed by atoms with van der Waals surface area (Å²) in [5.74, 6) is -1.06. The van der Waals surface area contributed by atoms with Crippen LogP contribution in [0.2, 0.25) is 0 Å². The van der Waals surface area contributed by atoms with Crippen molar-refractivity contribution in [2.24, 2.45) is 0 Å². The zero-order valence-electron chi connectivity index (χ0n) is 10.8. The van der Waals surface area contributed by atoms with Gasteiger partial charge in [0, 0.05) is 11.7 Å². The lowest BCUT2D eigenvalue weighted by Crippen LogP contribution is -2.39. The van der Waals surface area contributed by atoms with Crippen molar-refractivity contribution >= 4 is 17.8 Å². The molecule has 2 amide bonds. The standard InChI is InChI=1S/C12H18N4O3/c1-7-9(11(17)18)10(16-15-7)14-12(19)13-8-5-3-2-4-6-8/h8H,2-6H2,1H3,(H,17,18)(H3,13,14,15,16,19). The lowest BCUT2D eigenvalue weighted by molar-refractivity contribution is 0.0697. The Hall–Kier alpha value is -2.05. The SMILES string of the molecule is Cc1[nH]nc(NC(=O)NC2CCCCC2)c1C(=O)O. The second-order valence-corrected chi connectivity index (χ2v) is 4.81. The number of rotatable bonds is 3. The van der Waals surface area contributed by atoms with Crippen molar-refractivity contribution in [3.8, 4) is 0 Å². The quantitative estimate of drug-likeness (QED) is 0.669. The molecule has 19 heavy (non-hydrogen) atoms. The van der Waals surface area contributed by atoms with Gasteiger partial charge in [-0.05, 0) is 19.8 Å².